The number of aromatic nitrogens is 2. The van der Waals surface area contributed by atoms with Crippen molar-refractivity contribution in [1.82, 2.24) is 9.97 Å². The molecule has 2 N–H and O–H groups in total. The van der Waals surface area contributed by atoms with Crippen LogP contribution in [0, 0.1) is 0 Å². The molecule has 0 bridgehead atoms. The zero-order valence-electron chi connectivity index (χ0n) is 9.47. The van der Waals surface area contributed by atoms with Crippen molar-refractivity contribution in [3.63, 3.8) is 0 Å². The summed E-state index contributed by atoms with van der Waals surface area (Å²) in [7, 11) is 1.95. The molecule has 1 heterocycles. The number of likely N-dealkylation sites (N-methyl/N-ethyl adjacent to an activating group) is 1. The van der Waals surface area contributed by atoms with Crippen molar-refractivity contribution in [2.75, 3.05) is 25.1 Å². The lowest BCUT2D eigenvalue weighted by Crippen LogP contribution is -2.33. The third kappa shape index (κ3) is 3.71. The SMILES string of the molecule is CCOc1cc(N(C)CC(C)N)ncn1. The molecule has 1 aromatic rings. The van der Waals surface area contributed by atoms with E-state index in [9.17, 15) is 0 Å². The van der Waals surface area contributed by atoms with E-state index in [2.05, 4.69) is 9.97 Å². The highest BCUT2D eigenvalue weighted by Crippen LogP contribution is 2.14. The molecule has 15 heavy (non-hydrogen) atoms. The molecule has 0 aliphatic rings. The fraction of sp³-hybridized carbons (Fsp3) is 0.600. The molecule has 1 atom stereocenters. The van der Waals surface area contributed by atoms with E-state index in [1.54, 1.807) is 0 Å². The Morgan fingerprint density at radius 2 is 2.27 bits per heavy atom. The van der Waals surface area contributed by atoms with Crippen molar-refractivity contribution in [1.29, 1.82) is 0 Å². The van der Waals surface area contributed by atoms with E-state index in [0.29, 0.717) is 12.5 Å². The monoisotopic (exact) mass is 210 g/mol. The highest BCUT2D eigenvalue weighted by Gasteiger charge is 2.06. The highest BCUT2D eigenvalue weighted by molar-refractivity contribution is 5.39. The van der Waals surface area contributed by atoms with Crippen LogP contribution in [-0.4, -0.2) is 36.2 Å². The first-order valence-electron chi connectivity index (χ1n) is 5.05. The quantitative estimate of drug-likeness (QED) is 0.773. The topological polar surface area (TPSA) is 64.3 Å². The minimum Gasteiger partial charge on any atom is -0.478 e. The second kappa shape index (κ2) is 5.50. The smallest absolute Gasteiger partial charge is 0.218 e. The Kier molecular flexibility index (Phi) is 4.30. The summed E-state index contributed by atoms with van der Waals surface area (Å²) < 4.78 is 5.29. The molecule has 0 fully saturated rings. The second-order valence-electron chi connectivity index (χ2n) is 3.51. The summed E-state index contributed by atoms with van der Waals surface area (Å²) in [5.74, 6) is 1.42. The Morgan fingerprint density at radius 3 is 2.87 bits per heavy atom. The Bertz CT molecular complexity index is 303. The van der Waals surface area contributed by atoms with Crippen LogP contribution in [-0.2, 0) is 0 Å². The summed E-state index contributed by atoms with van der Waals surface area (Å²) in [5.41, 5.74) is 5.71. The van der Waals surface area contributed by atoms with E-state index in [1.807, 2.05) is 31.9 Å². The van der Waals surface area contributed by atoms with Crippen LogP contribution in [0.4, 0.5) is 5.82 Å². The van der Waals surface area contributed by atoms with Crippen LogP contribution >= 0.6 is 0 Å². The number of rotatable bonds is 5. The van der Waals surface area contributed by atoms with Gasteiger partial charge in [0, 0.05) is 25.7 Å². The fourth-order valence-electron chi connectivity index (χ4n) is 1.29. The van der Waals surface area contributed by atoms with Gasteiger partial charge in [0.05, 0.1) is 6.61 Å². The molecule has 0 saturated carbocycles. The van der Waals surface area contributed by atoms with Crippen molar-refractivity contribution < 1.29 is 4.74 Å². The van der Waals surface area contributed by atoms with Crippen LogP contribution in [0.2, 0.25) is 0 Å². The molecule has 0 radical (unpaired) electrons. The van der Waals surface area contributed by atoms with Crippen LogP contribution in [0.15, 0.2) is 12.4 Å². The summed E-state index contributed by atoms with van der Waals surface area (Å²) in [5, 5.41) is 0. The molecule has 1 aromatic heterocycles. The molecular formula is C10H18N4O. The molecule has 0 amide bonds. The van der Waals surface area contributed by atoms with Crippen molar-refractivity contribution >= 4 is 5.82 Å². The summed E-state index contributed by atoms with van der Waals surface area (Å²) in [6.45, 7) is 5.24. The van der Waals surface area contributed by atoms with E-state index in [4.69, 9.17) is 10.5 Å². The van der Waals surface area contributed by atoms with Gasteiger partial charge >= 0.3 is 0 Å². The molecule has 84 valence electrons. The average molecular weight is 210 g/mol. The normalized spacial score (nSPS) is 12.3. The Labute approximate surface area is 90.3 Å². The number of nitrogens with zero attached hydrogens (tertiary/aromatic N) is 3. The summed E-state index contributed by atoms with van der Waals surface area (Å²) >= 11 is 0. The largest absolute Gasteiger partial charge is 0.478 e. The van der Waals surface area contributed by atoms with Gasteiger partial charge in [0.1, 0.15) is 12.1 Å². The minimum atomic E-state index is 0.112. The molecule has 0 spiro atoms. The van der Waals surface area contributed by atoms with Gasteiger partial charge in [-0.2, -0.15) is 0 Å². The van der Waals surface area contributed by atoms with Crippen molar-refractivity contribution in [2.45, 2.75) is 19.9 Å². The lowest BCUT2D eigenvalue weighted by atomic mass is 10.3. The average Bonchev–Trinajstić information content (AvgIpc) is 2.17. The molecule has 1 rings (SSSR count). The van der Waals surface area contributed by atoms with E-state index in [-0.39, 0.29) is 6.04 Å². The standard InChI is InChI=1S/C10H18N4O/c1-4-15-10-5-9(12-7-13-10)14(3)6-8(2)11/h5,7-8H,4,6,11H2,1-3H3. The number of ether oxygens (including phenoxy) is 1. The predicted octanol–water partition coefficient (Wildman–Crippen LogP) is 0.659. The lowest BCUT2D eigenvalue weighted by Gasteiger charge is -2.20. The molecule has 0 aliphatic carbocycles. The maximum Gasteiger partial charge on any atom is 0.218 e. The summed E-state index contributed by atoms with van der Waals surface area (Å²) in [4.78, 5) is 10.1. The highest BCUT2D eigenvalue weighted by atomic mass is 16.5. The number of hydrogen-bond donors (Lipinski definition) is 1. The summed E-state index contributed by atoms with van der Waals surface area (Å²) in [6.07, 6.45) is 1.50. The number of hydrogen-bond acceptors (Lipinski definition) is 5. The van der Waals surface area contributed by atoms with Crippen LogP contribution in [0.1, 0.15) is 13.8 Å². The first-order valence-corrected chi connectivity index (χ1v) is 5.05. The fourth-order valence-corrected chi connectivity index (χ4v) is 1.29. The van der Waals surface area contributed by atoms with Crippen molar-refractivity contribution in [3.8, 4) is 5.88 Å². The first kappa shape index (κ1) is 11.7. The maximum atomic E-state index is 5.71. The molecule has 1 unspecified atom stereocenters. The summed E-state index contributed by atoms with van der Waals surface area (Å²) in [6, 6.07) is 1.92. The molecule has 5 heteroatoms. The Balaban J connectivity index is 2.71. The zero-order chi connectivity index (χ0) is 11.3. The van der Waals surface area contributed by atoms with Gasteiger partial charge < -0.3 is 15.4 Å². The van der Waals surface area contributed by atoms with Crippen LogP contribution < -0.4 is 15.4 Å². The third-order valence-electron chi connectivity index (χ3n) is 1.87. The molecule has 0 saturated heterocycles. The van der Waals surface area contributed by atoms with Gasteiger partial charge in [0.15, 0.2) is 0 Å². The van der Waals surface area contributed by atoms with Gasteiger partial charge in [-0.15, -0.1) is 0 Å². The Morgan fingerprint density at radius 1 is 1.53 bits per heavy atom. The van der Waals surface area contributed by atoms with Crippen LogP contribution in [0.5, 0.6) is 5.88 Å². The van der Waals surface area contributed by atoms with E-state index >= 15 is 0 Å². The number of anilines is 1. The number of nitrogens with two attached hydrogens (primary N) is 1. The van der Waals surface area contributed by atoms with E-state index < -0.39 is 0 Å². The van der Waals surface area contributed by atoms with E-state index in [0.717, 1.165) is 12.4 Å². The molecule has 5 nitrogen and oxygen atoms in total. The van der Waals surface area contributed by atoms with Gasteiger partial charge in [-0.25, -0.2) is 9.97 Å². The Hall–Kier alpha value is -1.36. The second-order valence-corrected chi connectivity index (χ2v) is 3.51. The molecule has 0 aliphatic heterocycles. The van der Waals surface area contributed by atoms with Gasteiger partial charge in [-0.3, -0.25) is 0 Å². The zero-order valence-corrected chi connectivity index (χ0v) is 9.47. The molecular weight excluding hydrogens is 192 g/mol. The van der Waals surface area contributed by atoms with Gasteiger partial charge in [0.25, 0.3) is 0 Å². The first-order chi connectivity index (χ1) is 7.13. The predicted molar refractivity (Wildman–Crippen MR) is 60.1 cm³/mol. The molecule has 0 aromatic carbocycles. The van der Waals surface area contributed by atoms with Gasteiger partial charge in [-0.05, 0) is 13.8 Å². The van der Waals surface area contributed by atoms with Gasteiger partial charge in [-0.1, -0.05) is 0 Å². The van der Waals surface area contributed by atoms with Crippen molar-refractivity contribution in [3.05, 3.63) is 12.4 Å². The minimum absolute atomic E-state index is 0.112. The van der Waals surface area contributed by atoms with E-state index in [1.165, 1.54) is 6.33 Å². The van der Waals surface area contributed by atoms with Crippen LogP contribution in [0.25, 0.3) is 0 Å². The third-order valence-corrected chi connectivity index (χ3v) is 1.87. The van der Waals surface area contributed by atoms with Crippen molar-refractivity contribution in [2.24, 2.45) is 5.73 Å². The lowest BCUT2D eigenvalue weighted by molar-refractivity contribution is 0.326. The maximum absolute atomic E-state index is 5.71. The van der Waals surface area contributed by atoms with Gasteiger partial charge in [0.2, 0.25) is 5.88 Å². The van der Waals surface area contributed by atoms with Crippen LogP contribution in [0.3, 0.4) is 0 Å².